The van der Waals surface area contributed by atoms with Gasteiger partial charge in [0.1, 0.15) is 0 Å². The molecule has 1 aromatic rings. The second kappa shape index (κ2) is 4.02. The summed E-state index contributed by atoms with van der Waals surface area (Å²) in [5, 5.41) is 9.20. The Hall–Kier alpha value is -1.15. The summed E-state index contributed by atoms with van der Waals surface area (Å²) in [7, 11) is 0. The average Bonchev–Trinajstić information content (AvgIpc) is 2.06. The van der Waals surface area contributed by atoms with E-state index in [0.29, 0.717) is 0 Å². The van der Waals surface area contributed by atoms with Crippen LogP contribution in [-0.4, -0.2) is 16.2 Å². The largest absolute Gasteiger partial charge is 0.389 e. The van der Waals surface area contributed by atoms with E-state index >= 15 is 0 Å². The molecule has 1 N–H and O–H groups in total. The number of aromatic nitrogens is 1. The van der Waals surface area contributed by atoms with E-state index in [-0.39, 0.29) is 6.10 Å². The first-order valence-corrected chi connectivity index (χ1v) is 3.96. The minimum absolute atomic E-state index is 0.377. The highest BCUT2D eigenvalue weighted by atomic mass is 16.3. The summed E-state index contributed by atoms with van der Waals surface area (Å²) >= 11 is 0. The molecule has 0 amide bonds. The van der Waals surface area contributed by atoms with Crippen molar-refractivity contribution in [2.24, 2.45) is 0 Å². The summed E-state index contributed by atoms with van der Waals surface area (Å²) in [4.78, 5) is 3.91. The summed E-state index contributed by atoms with van der Waals surface area (Å²) in [5.41, 5.74) is 2.03. The van der Waals surface area contributed by atoms with Crippen LogP contribution in [0.3, 0.4) is 0 Å². The molecule has 0 radical (unpaired) electrons. The van der Waals surface area contributed by atoms with Gasteiger partial charge in [-0.2, -0.15) is 0 Å². The molecule has 0 aromatic carbocycles. The molecule has 1 unspecified atom stereocenters. The van der Waals surface area contributed by atoms with Crippen molar-refractivity contribution in [3.8, 4) is 0 Å². The van der Waals surface area contributed by atoms with E-state index in [4.69, 9.17) is 0 Å². The maximum absolute atomic E-state index is 9.20. The van der Waals surface area contributed by atoms with Crippen LogP contribution in [0.25, 0.3) is 6.08 Å². The minimum Gasteiger partial charge on any atom is -0.389 e. The van der Waals surface area contributed by atoms with Crippen LogP contribution in [0.5, 0.6) is 0 Å². The topological polar surface area (TPSA) is 33.1 Å². The standard InChI is InChI=1S/C10H13NO/c1-8(9(2)12)7-10-3-5-11-6-4-10/h3-7,9,12H,1-2H3/b8-7+. The molecule has 64 valence electrons. The Morgan fingerprint density at radius 2 is 2.08 bits per heavy atom. The average molecular weight is 163 g/mol. The lowest BCUT2D eigenvalue weighted by Crippen LogP contribution is -2.00. The highest BCUT2D eigenvalue weighted by molar-refractivity contribution is 5.52. The Balaban J connectivity index is 2.81. The van der Waals surface area contributed by atoms with E-state index in [2.05, 4.69) is 4.98 Å². The van der Waals surface area contributed by atoms with Crippen molar-refractivity contribution < 1.29 is 5.11 Å². The normalized spacial score (nSPS) is 14.4. The zero-order valence-electron chi connectivity index (χ0n) is 7.36. The summed E-state index contributed by atoms with van der Waals surface area (Å²) in [6.07, 6.45) is 5.05. The van der Waals surface area contributed by atoms with Gasteiger partial charge in [-0.05, 0) is 37.1 Å². The smallest absolute Gasteiger partial charge is 0.0722 e. The third kappa shape index (κ3) is 2.47. The first-order valence-electron chi connectivity index (χ1n) is 3.96. The van der Waals surface area contributed by atoms with Crippen LogP contribution >= 0.6 is 0 Å². The third-order valence-electron chi connectivity index (χ3n) is 1.76. The first-order chi connectivity index (χ1) is 5.70. The Morgan fingerprint density at radius 1 is 1.50 bits per heavy atom. The van der Waals surface area contributed by atoms with E-state index in [9.17, 15) is 5.11 Å². The fourth-order valence-electron chi connectivity index (χ4n) is 0.843. The van der Waals surface area contributed by atoms with Gasteiger partial charge < -0.3 is 5.11 Å². The molecule has 0 bridgehead atoms. The number of aliphatic hydroxyl groups excluding tert-OH is 1. The lowest BCUT2D eigenvalue weighted by atomic mass is 10.1. The van der Waals surface area contributed by atoms with Crippen molar-refractivity contribution in [3.63, 3.8) is 0 Å². The van der Waals surface area contributed by atoms with Crippen molar-refractivity contribution >= 4 is 6.08 Å². The number of aliphatic hydroxyl groups is 1. The summed E-state index contributed by atoms with van der Waals surface area (Å²) < 4.78 is 0. The molecule has 0 spiro atoms. The van der Waals surface area contributed by atoms with E-state index in [1.807, 2.05) is 25.1 Å². The molecule has 1 atom stereocenters. The number of pyridine rings is 1. The van der Waals surface area contributed by atoms with Gasteiger partial charge in [-0.1, -0.05) is 6.08 Å². The van der Waals surface area contributed by atoms with Crippen LogP contribution in [0.4, 0.5) is 0 Å². The molecule has 1 aromatic heterocycles. The van der Waals surface area contributed by atoms with Gasteiger partial charge in [0, 0.05) is 12.4 Å². The molecule has 1 rings (SSSR count). The monoisotopic (exact) mass is 163 g/mol. The fraction of sp³-hybridized carbons (Fsp3) is 0.300. The molecule has 12 heavy (non-hydrogen) atoms. The summed E-state index contributed by atoms with van der Waals surface area (Å²) in [6, 6.07) is 3.82. The van der Waals surface area contributed by atoms with Gasteiger partial charge in [0.25, 0.3) is 0 Å². The SMILES string of the molecule is C/C(=C\c1ccncc1)C(C)O. The van der Waals surface area contributed by atoms with Crippen LogP contribution in [0.1, 0.15) is 19.4 Å². The minimum atomic E-state index is -0.377. The molecular weight excluding hydrogens is 150 g/mol. The van der Waals surface area contributed by atoms with E-state index in [1.165, 1.54) is 0 Å². The summed E-state index contributed by atoms with van der Waals surface area (Å²) in [6.45, 7) is 3.66. The van der Waals surface area contributed by atoms with Crippen LogP contribution < -0.4 is 0 Å². The van der Waals surface area contributed by atoms with Gasteiger partial charge in [0.15, 0.2) is 0 Å². The van der Waals surface area contributed by atoms with Crippen molar-refractivity contribution in [2.45, 2.75) is 20.0 Å². The maximum atomic E-state index is 9.20. The fourth-order valence-corrected chi connectivity index (χ4v) is 0.843. The molecule has 0 aliphatic heterocycles. The van der Waals surface area contributed by atoms with Gasteiger partial charge >= 0.3 is 0 Å². The van der Waals surface area contributed by atoms with Crippen molar-refractivity contribution in [3.05, 3.63) is 35.7 Å². The van der Waals surface area contributed by atoms with Crippen LogP contribution in [-0.2, 0) is 0 Å². The van der Waals surface area contributed by atoms with Gasteiger partial charge in [0.2, 0.25) is 0 Å². The molecule has 1 heterocycles. The second-order valence-electron chi connectivity index (χ2n) is 2.84. The molecule has 0 saturated carbocycles. The van der Waals surface area contributed by atoms with Crippen LogP contribution in [0.2, 0.25) is 0 Å². The van der Waals surface area contributed by atoms with Gasteiger partial charge in [-0.3, -0.25) is 4.98 Å². The highest BCUT2D eigenvalue weighted by Crippen LogP contribution is 2.07. The predicted octanol–water partition coefficient (Wildman–Crippen LogP) is 1.87. The zero-order chi connectivity index (χ0) is 8.97. The van der Waals surface area contributed by atoms with Gasteiger partial charge in [-0.15, -0.1) is 0 Å². The second-order valence-corrected chi connectivity index (χ2v) is 2.84. The van der Waals surface area contributed by atoms with E-state index in [0.717, 1.165) is 11.1 Å². The van der Waals surface area contributed by atoms with Gasteiger partial charge in [0.05, 0.1) is 6.10 Å². The van der Waals surface area contributed by atoms with Gasteiger partial charge in [-0.25, -0.2) is 0 Å². The number of nitrogens with zero attached hydrogens (tertiary/aromatic N) is 1. The Bertz CT molecular complexity index is 264. The molecule has 0 aliphatic rings. The highest BCUT2D eigenvalue weighted by Gasteiger charge is 1.96. The zero-order valence-corrected chi connectivity index (χ0v) is 7.36. The lowest BCUT2D eigenvalue weighted by molar-refractivity contribution is 0.232. The first kappa shape index (κ1) is 8.94. The van der Waals surface area contributed by atoms with Crippen molar-refractivity contribution in [2.75, 3.05) is 0 Å². The predicted molar refractivity (Wildman–Crippen MR) is 49.6 cm³/mol. The van der Waals surface area contributed by atoms with E-state index in [1.54, 1.807) is 19.3 Å². The Labute approximate surface area is 72.6 Å². The van der Waals surface area contributed by atoms with E-state index < -0.39 is 0 Å². The number of hydrogen-bond donors (Lipinski definition) is 1. The summed E-state index contributed by atoms with van der Waals surface area (Å²) in [5.74, 6) is 0. The number of rotatable bonds is 2. The Kier molecular flexibility index (Phi) is 3.00. The number of hydrogen-bond acceptors (Lipinski definition) is 2. The van der Waals surface area contributed by atoms with Crippen LogP contribution in [0.15, 0.2) is 30.1 Å². The third-order valence-corrected chi connectivity index (χ3v) is 1.76. The molecular formula is C10H13NO. The maximum Gasteiger partial charge on any atom is 0.0722 e. The van der Waals surface area contributed by atoms with Crippen molar-refractivity contribution in [1.82, 2.24) is 4.98 Å². The van der Waals surface area contributed by atoms with Crippen LogP contribution in [0, 0.1) is 0 Å². The molecule has 2 heteroatoms. The quantitative estimate of drug-likeness (QED) is 0.722. The Morgan fingerprint density at radius 3 is 2.58 bits per heavy atom. The molecule has 0 aliphatic carbocycles. The van der Waals surface area contributed by atoms with Crippen molar-refractivity contribution in [1.29, 1.82) is 0 Å². The molecule has 0 fully saturated rings. The molecule has 0 saturated heterocycles. The lowest BCUT2D eigenvalue weighted by Gasteiger charge is -2.03. The molecule has 2 nitrogen and oxygen atoms in total.